The van der Waals surface area contributed by atoms with Gasteiger partial charge in [0.1, 0.15) is 0 Å². The molecule has 0 aliphatic heterocycles. The maximum Gasteiger partial charge on any atom is 0.352 e. The lowest BCUT2D eigenvalue weighted by Crippen LogP contribution is -2.53. The van der Waals surface area contributed by atoms with Gasteiger partial charge in [-0.25, -0.2) is 0 Å². The van der Waals surface area contributed by atoms with Gasteiger partial charge in [-0.1, -0.05) is 34.6 Å². The summed E-state index contributed by atoms with van der Waals surface area (Å²) in [6.45, 7) is 24.0. The van der Waals surface area contributed by atoms with E-state index in [1.807, 2.05) is 0 Å². The van der Waals surface area contributed by atoms with Gasteiger partial charge in [-0.15, -0.1) is 0 Å². The van der Waals surface area contributed by atoms with Gasteiger partial charge in [0, 0.05) is 25.4 Å². The van der Waals surface area contributed by atoms with Crippen LogP contribution in [0.2, 0.25) is 6.04 Å². The highest BCUT2D eigenvalue weighted by atomic mass is 28.4. The fraction of sp³-hybridized carbons (Fsp3) is 1.00. The van der Waals surface area contributed by atoms with Crippen molar-refractivity contribution in [3.63, 3.8) is 0 Å². The van der Waals surface area contributed by atoms with Crippen LogP contribution in [0.15, 0.2) is 0 Å². The Labute approximate surface area is 184 Å². The number of hydrogen-bond acceptors (Lipinski definition) is 5. The van der Waals surface area contributed by atoms with E-state index >= 15 is 0 Å². The molecule has 0 radical (unpaired) electrons. The van der Waals surface area contributed by atoms with E-state index in [0.29, 0.717) is 6.04 Å². The van der Waals surface area contributed by atoms with Crippen LogP contribution in [0, 0.1) is 0 Å². The summed E-state index contributed by atoms with van der Waals surface area (Å²) in [6, 6.07) is 1.68. The Morgan fingerprint density at radius 1 is 0.759 bits per heavy atom. The van der Waals surface area contributed by atoms with Crippen molar-refractivity contribution in [3.05, 3.63) is 0 Å². The summed E-state index contributed by atoms with van der Waals surface area (Å²) in [5.41, 5.74) is 0. The normalized spacial score (nSPS) is 12.6. The molecule has 0 aromatic carbocycles. The summed E-state index contributed by atoms with van der Waals surface area (Å²) in [7, 11) is -2.14. The molecule has 6 heteroatoms. The van der Waals surface area contributed by atoms with E-state index in [9.17, 15) is 0 Å². The molecule has 0 aliphatic rings. The highest BCUT2D eigenvalue weighted by Crippen LogP contribution is 2.16. The Hall–Kier alpha value is 0.0169. The Morgan fingerprint density at radius 3 is 1.83 bits per heavy atom. The molecule has 0 aromatic rings. The summed E-state index contributed by atoms with van der Waals surface area (Å²) in [5.74, 6) is 0. The Balaban J connectivity index is 4.82. The van der Waals surface area contributed by atoms with Crippen LogP contribution in [0.4, 0.5) is 0 Å². The largest absolute Gasteiger partial charge is 0.394 e. The van der Waals surface area contributed by atoms with Crippen molar-refractivity contribution in [3.8, 4) is 0 Å². The van der Waals surface area contributed by atoms with Crippen molar-refractivity contribution in [2.24, 2.45) is 0 Å². The fourth-order valence-electron chi connectivity index (χ4n) is 4.03. The van der Waals surface area contributed by atoms with Crippen LogP contribution >= 0.6 is 0 Å². The molecule has 0 bridgehead atoms. The van der Waals surface area contributed by atoms with Crippen LogP contribution in [0.5, 0.6) is 0 Å². The topological polar surface area (TPSA) is 37.0 Å². The third-order valence-corrected chi connectivity index (χ3v) is 9.46. The summed E-state index contributed by atoms with van der Waals surface area (Å²) < 4.78 is 12.5. The van der Waals surface area contributed by atoms with Gasteiger partial charge in [0.05, 0.1) is 0 Å². The van der Waals surface area contributed by atoms with Crippen LogP contribution in [0.25, 0.3) is 0 Å². The standard InChI is InChI=1S/C23H53N3O2Si/c1-8-18-25(11-4)20-16-21-26(19-15-17-24-23(9-2)10-3)22-29(14-7,27-12-5)28-13-6/h23-24H,8-22H2,1-7H3. The molecule has 0 heterocycles. The molecule has 0 rings (SSSR count). The van der Waals surface area contributed by atoms with Gasteiger partial charge >= 0.3 is 8.56 Å². The zero-order valence-corrected chi connectivity index (χ0v) is 21.9. The lowest BCUT2D eigenvalue weighted by molar-refractivity contribution is 0.155. The maximum atomic E-state index is 6.27. The van der Waals surface area contributed by atoms with Crippen molar-refractivity contribution in [1.82, 2.24) is 15.1 Å². The predicted molar refractivity (Wildman–Crippen MR) is 130 cm³/mol. The second kappa shape index (κ2) is 18.8. The first-order valence-electron chi connectivity index (χ1n) is 12.5. The minimum Gasteiger partial charge on any atom is -0.394 e. The van der Waals surface area contributed by atoms with Crippen LogP contribution < -0.4 is 5.32 Å². The molecule has 29 heavy (non-hydrogen) atoms. The minimum absolute atomic E-state index is 0.659. The van der Waals surface area contributed by atoms with Gasteiger partial charge in [-0.2, -0.15) is 0 Å². The van der Waals surface area contributed by atoms with Crippen molar-refractivity contribution >= 4 is 8.56 Å². The third kappa shape index (κ3) is 13.1. The lowest BCUT2D eigenvalue weighted by Gasteiger charge is -2.35. The molecule has 0 atom stereocenters. The summed E-state index contributed by atoms with van der Waals surface area (Å²) >= 11 is 0. The summed E-state index contributed by atoms with van der Waals surface area (Å²) in [5, 5.41) is 3.72. The second-order valence-corrected chi connectivity index (χ2v) is 11.4. The van der Waals surface area contributed by atoms with Gasteiger partial charge in [-0.3, -0.25) is 0 Å². The molecule has 0 fully saturated rings. The number of nitrogens with zero attached hydrogens (tertiary/aromatic N) is 2. The van der Waals surface area contributed by atoms with Gasteiger partial charge in [0.25, 0.3) is 0 Å². The number of hydrogen-bond donors (Lipinski definition) is 1. The number of rotatable bonds is 21. The maximum absolute atomic E-state index is 6.27. The van der Waals surface area contributed by atoms with E-state index in [2.05, 4.69) is 63.6 Å². The Bertz CT molecular complexity index is 351. The van der Waals surface area contributed by atoms with Crippen molar-refractivity contribution < 1.29 is 8.85 Å². The second-order valence-electron chi connectivity index (χ2n) is 8.02. The Kier molecular flexibility index (Phi) is 18.8. The van der Waals surface area contributed by atoms with Crippen LogP contribution in [0.1, 0.15) is 80.6 Å². The van der Waals surface area contributed by atoms with E-state index in [4.69, 9.17) is 8.85 Å². The van der Waals surface area contributed by atoms with Crippen molar-refractivity contribution in [1.29, 1.82) is 0 Å². The first-order valence-corrected chi connectivity index (χ1v) is 14.7. The first kappa shape index (κ1) is 29.0. The first-order chi connectivity index (χ1) is 14.0. The molecule has 176 valence electrons. The molecular formula is C23H53N3O2Si. The van der Waals surface area contributed by atoms with E-state index in [1.54, 1.807) is 0 Å². The quantitative estimate of drug-likeness (QED) is 0.211. The molecular weight excluding hydrogens is 378 g/mol. The minimum atomic E-state index is -2.14. The molecule has 0 saturated carbocycles. The zero-order valence-electron chi connectivity index (χ0n) is 20.9. The van der Waals surface area contributed by atoms with Gasteiger partial charge in [0.15, 0.2) is 0 Å². The smallest absolute Gasteiger partial charge is 0.352 e. The molecule has 0 amide bonds. The fourth-order valence-corrected chi connectivity index (χ4v) is 6.98. The molecule has 0 spiro atoms. The monoisotopic (exact) mass is 431 g/mol. The van der Waals surface area contributed by atoms with E-state index < -0.39 is 8.56 Å². The molecule has 0 unspecified atom stereocenters. The average molecular weight is 432 g/mol. The number of nitrogens with one attached hydrogen (secondary N) is 1. The van der Waals surface area contributed by atoms with Gasteiger partial charge < -0.3 is 24.0 Å². The molecule has 5 nitrogen and oxygen atoms in total. The summed E-state index contributed by atoms with van der Waals surface area (Å²) in [6.07, 6.45) is 7.07. The SMILES string of the molecule is CCCN(CC)CCCN(CCCNC(CC)CC)C[Si](CC)(OCC)OCC. The molecule has 1 N–H and O–H groups in total. The lowest BCUT2D eigenvalue weighted by atomic mass is 10.2. The highest BCUT2D eigenvalue weighted by Gasteiger charge is 2.37. The van der Waals surface area contributed by atoms with Crippen molar-refractivity contribution in [2.45, 2.75) is 92.7 Å². The molecule has 0 aromatic heterocycles. The van der Waals surface area contributed by atoms with Gasteiger partial charge in [-0.05, 0) is 91.3 Å². The third-order valence-electron chi connectivity index (χ3n) is 5.82. The van der Waals surface area contributed by atoms with Crippen LogP contribution in [0.3, 0.4) is 0 Å². The summed E-state index contributed by atoms with van der Waals surface area (Å²) in [4.78, 5) is 5.21. The Morgan fingerprint density at radius 2 is 1.34 bits per heavy atom. The average Bonchev–Trinajstić information content (AvgIpc) is 2.73. The highest BCUT2D eigenvalue weighted by molar-refractivity contribution is 6.67. The predicted octanol–water partition coefficient (Wildman–Crippen LogP) is 4.65. The zero-order chi connectivity index (χ0) is 22.0. The van der Waals surface area contributed by atoms with E-state index in [-0.39, 0.29) is 0 Å². The molecule has 0 aliphatic carbocycles. The van der Waals surface area contributed by atoms with Gasteiger partial charge in [0.2, 0.25) is 0 Å². The van der Waals surface area contributed by atoms with E-state index in [0.717, 1.165) is 51.6 Å². The van der Waals surface area contributed by atoms with Crippen LogP contribution in [-0.2, 0) is 8.85 Å². The van der Waals surface area contributed by atoms with Crippen molar-refractivity contribution in [2.75, 3.05) is 58.7 Å². The van der Waals surface area contributed by atoms with E-state index in [1.165, 1.54) is 45.2 Å². The molecule has 0 saturated heterocycles. The van der Waals surface area contributed by atoms with Crippen LogP contribution in [-0.4, -0.2) is 83.1 Å².